The van der Waals surface area contributed by atoms with Gasteiger partial charge in [0, 0.05) is 0 Å². The van der Waals surface area contributed by atoms with Crippen LogP contribution in [-0.2, 0) is 9.53 Å². The van der Waals surface area contributed by atoms with Gasteiger partial charge in [0.2, 0.25) is 0 Å². The van der Waals surface area contributed by atoms with E-state index in [-0.39, 0.29) is 12.1 Å². The van der Waals surface area contributed by atoms with Crippen molar-refractivity contribution in [3.8, 4) is 0 Å². The second-order valence-corrected chi connectivity index (χ2v) is 3.87. The van der Waals surface area contributed by atoms with Crippen molar-refractivity contribution in [3.63, 3.8) is 0 Å². The maximum Gasteiger partial charge on any atom is 0.326 e. The van der Waals surface area contributed by atoms with E-state index < -0.39 is 5.54 Å². The van der Waals surface area contributed by atoms with Crippen LogP contribution < -0.4 is 5.73 Å². The molecule has 84 valence electrons. The molecule has 0 rings (SSSR count). The molecule has 1 unspecified atom stereocenters. The van der Waals surface area contributed by atoms with Crippen LogP contribution >= 0.6 is 0 Å². The average molecular weight is 201 g/mol. The summed E-state index contributed by atoms with van der Waals surface area (Å²) in [4.78, 5) is 11.7. The quantitative estimate of drug-likeness (QED) is 0.670. The minimum Gasteiger partial charge on any atom is -0.461 e. The summed E-state index contributed by atoms with van der Waals surface area (Å²) in [6.45, 7) is 7.80. The molecule has 0 amide bonds. The van der Waals surface area contributed by atoms with Crippen LogP contribution in [0.1, 0.15) is 53.4 Å². The van der Waals surface area contributed by atoms with Gasteiger partial charge < -0.3 is 10.5 Å². The molecule has 14 heavy (non-hydrogen) atoms. The molecule has 0 bridgehead atoms. The first-order valence-electron chi connectivity index (χ1n) is 5.50. The molecule has 0 fully saturated rings. The van der Waals surface area contributed by atoms with Gasteiger partial charge in [0.1, 0.15) is 5.54 Å². The molecule has 2 N–H and O–H groups in total. The van der Waals surface area contributed by atoms with E-state index in [0.29, 0.717) is 12.8 Å². The maximum atomic E-state index is 11.7. The number of carbonyl (C=O) groups is 1. The third-order valence-electron chi connectivity index (χ3n) is 2.67. The summed E-state index contributed by atoms with van der Waals surface area (Å²) in [6, 6.07) is 0. The van der Waals surface area contributed by atoms with Gasteiger partial charge in [-0.1, -0.05) is 27.2 Å². The van der Waals surface area contributed by atoms with Crippen LogP contribution in [-0.4, -0.2) is 17.6 Å². The molecule has 0 saturated carbocycles. The number of rotatable bonds is 6. The number of hydrogen-bond donors (Lipinski definition) is 1. The molecular weight excluding hydrogens is 178 g/mol. The highest BCUT2D eigenvalue weighted by Gasteiger charge is 2.32. The van der Waals surface area contributed by atoms with Crippen LogP contribution in [0.2, 0.25) is 0 Å². The fourth-order valence-corrected chi connectivity index (χ4v) is 1.30. The van der Waals surface area contributed by atoms with Crippen molar-refractivity contribution in [1.29, 1.82) is 0 Å². The van der Waals surface area contributed by atoms with Gasteiger partial charge in [0.25, 0.3) is 0 Å². The van der Waals surface area contributed by atoms with Crippen molar-refractivity contribution in [3.05, 3.63) is 0 Å². The fraction of sp³-hybridized carbons (Fsp3) is 0.909. The lowest BCUT2D eigenvalue weighted by Gasteiger charge is -2.26. The van der Waals surface area contributed by atoms with Gasteiger partial charge in [-0.3, -0.25) is 4.79 Å². The Morgan fingerprint density at radius 3 is 2.21 bits per heavy atom. The van der Waals surface area contributed by atoms with E-state index in [4.69, 9.17) is 10.5 Å². The predicted molar refractivity (Wildman–Crippen MR) is 58.0 cm³/mol. The minimum absolute atomic E-state index is 0.0199. The second kappa shape index (κ2) is 6.02. The Morgan fingerprint density at radius 2 is 1.86 bits per heavy atom. The smallest absolute Gasteiger partial charge is 0.326 e. The van der Waals surface area contributed by atoms with Gasteiger partial charge in [-0.2, -0.15) is 0 Å². The third-order valence-corrected chi connectivity index (χ3v) is 2.67. The van der Waals surface area contributed by atoms with Gasteiger partial charge in [0.15, 0.2) is 0 Å². The Hall–Kier alpha value is -0.570. The van der Waals surface area contributed by atoms with Crippen molar-refractivity contribution in [1.82, 2.24) is 0 Å². The molecule has 0 aromatic carbocycles. The number of ether oxygens (including phenoxy) is 1. The summed E-state index contributed by atoms with van der Waals surface area (Å²) in [5, 5.41) is 0. The Morgan fingerprint density at radius 1 is 1.36 bits per heavy atom. The molecule has 0 heterocycles. The predicted octanol–water partition coefficient (Wildman–Crippen LogP) is 2.24. The van der Waals surface area contributed by atoms with Crippen LogP contribution in [0.3, 0.4) is 0 Å². The number of carbonyl (C=O) groups excluding carboxylic acids is 1. The molecule has 3 heteroatoms. The fourth-order valence-electron chi connectivity index (χ4n) is 1.30. The first kappa shape index (κ1) is 13.4. The molecule has 1 atom stereocenters. The molecule has 0 aliphatic heterocycles. The van der Waals surface area contributed by atoms with Crippen molar-refractivity contribution in [2.45, 2.75) is 65.0 Å². The highest BCUT2D eigenvalue weighted by Crippen LogP contribution is 2.15. The third kappa shape index (κ3) is 3.66. The van der Waals surface area contributed by atoms with Crippen LogP contribution in [0.25, 0.3) is 0 Å². The topological polar surface area (TPSA) is 52.3 Å². The van der Waals surface area contributed by atoms with E-state index in [0.717, 1.165) is 12.8 Å². The SMILES string of the molecule is CCCC(C)OC(=O)C(N)(CC)CC. The van der Waals surface area contributed by atoms with E-state index in [9.17, 15) is 4.79 Å². The Labute approximate surface area is 87.0 Å². The number of nitrogens with two attached hydrogens (primary N) is 1. The van der Waals surface area contributed by atoms with Crippen LogP contribution in [0, 0.1) is 0 Å². The van der Waals surface area contributed by atoms with Crippen molar-refractivity contribution < 1.29 is 9.53 Å². The van der Waals surface area contributed by atoms with E-state index in [1.54, 1.807) is 0 Å². The molecule has 3 nitrogen and oxygen atoms in total. The Kier molecular flexibility index (Phi) is 5.77. The summed E-state index contributed by atoms with van der Waals surface area (Å²) in [7, 11) is 0. The van der Waals surface area contributed by atoms with Crippen molar-refractivity contribution in [2.75, 3.05) is 0 Å². The first-order valence-corrected chi connectivity index (χ1v) is 5.50. The molecule has 0 spiro atoms. The molecule has 0 aliphatic rings. The lowest BCUT2D eigenvalue weighted by Crippen LogP contribution is -2.48. The van der Waals surface area contributed by atoms with Gasteiger partial charge in [-0.25, -0.2) is 0 Å². The second-order valence-electron chi connectivity index (χ2n) is 3.87. The summed E-state index contributed by atoms with van der Waals surface area (Å²) < 4.78 is 5.27. The molecule has 0 aromatic heterocycles. The molecule has 0 aliphatic carbocycles. The lowest BCUT2D eigenvalue weighted by atomic mass is 9.94. The normalized spacial score (nSPS) is 13.8. The minimum atomic E-state index is -0.790. The van der Waals surface area contributed by atoms with Crippen LogP contribution in [0.15, 0.2) is 0 Å². The van der Waals surface area contributed by atoms with Gasteiger partial charge in [0.05, 0.1) is 6.10 Å². The highest BCUT2D eigenvalue weighted by atomic mass is 16.5. The van der Waals surface area contributed by atoms with E-state index in [1.807, 2.05) is 20.8 Å². The monoisotopic (exact) mass is 201 g/mol. The maximum absolute atomic E-state index is 11.7. The van der Waals surface area contributed by atoms with Crippen LogP contribution in [0.5, 0.6) is 0 Å². The number of esters is 1. The zero-order chi connectivity index (χ0) is 11.2. The van der Waals surface area contributed by atoms with Gasteiger partial charge in [-0.15, -0.1) is 0 Å². The van der Waals surface area contributed by atoms with Crippen molar-refractivity contribution in [2.24, 2.45) is 5.73 Å². The zero-order valence-electron chi connectivity index (χ0n) is 9.80. The molecule has 0 saturated heterocycles. The summed E-state index contributed by atoms with van der Waals surface area (Å²) >= 11 is 0. The van der Waals surface area contributed by atoms with E-state index >= 15 is 0 Å². The molecular formula is C11H23NO2. The lowest BCUT2D eigenvalue weighted by molar-refractivity contribution is -0.155. The highest BCUT2D eigenvalue weighted by molar-refractivity contribution is 5.80. The average Bonchev–Trinajstić information content (AvgIpc) is 2.16. The van der Waals surface area contributed by atoms with Crippen LogP contribution in [0.4, 0.5) is 0 Å². The molecule has 0 radical (unpaired) electrons. The Balaban J connectivity index is 4.18. The van der Waals surface area contributed by atoms with E-state index in [1.165, 1.54) is 0 Å². The first-order chi connectivity index (χ1) is 6.50. The largest absolute Gasteiger partial charge is 0.461 e. The number of hydrogen-bond acceptors (Lipinski definition) is 3. The summed E-state index contributed by atoms with van der Waals surface area (Å²) in [5.41, 5.74) is 5.12. The standard InChI is InChI=1S/C11H23NO2/c1-5-8-9(4)14-10(13)11(12,6-2)7-3/h9H,5-8,12H2,1-4H3. The molecule has 0 aromatic rings. The van der Waals surface area contributed by atoms with Gasteiger partial charge in [-0.05, 0) is 26.2 Å². The summed E-state index contributed by atoms with van der Waals surface area (Å²) in [5.74, 6) is -0.261. The van der Waals surface area contributed by atoms with E-state index in [2.05, 4.69) is 6.92 Å². The van der Waals surface area contributed by atoms with Gasteiger partial charge >= 0.3 is 5.97 Å². The Bertz CT molecular complexity index is 176. The zero-order valence-corrected chi connectivity index (χ0v) is 9.80. The summed E-state index contributed by atoms with van der Waals surface area (Å²) in [6.07, 6.45) is 3.15. The van der Waals surface area contributed by atoms with Crippen molar-refractivity contribution >= 4 is 5.97 Å².